The number of aryl methyl sites for hydroxylation is 1. The lowest BCUT2D eigenvalue weighted by Crippen LogP contribution is -2.41. The first-order chi connectivity index (χ1) is 16.3. The Balaban J connectivity index is 1.68. The normalized spacial score (nSPS) is 17.4. The maximum absolute atomic E-state index is 13.6. The SMILES string of the molecule is CC(=O)Nc1cccc(-c2ccc(C(=O)N3[C@@H](c4ccccc4Cl)CC[C@H]3C(=O)O)cc2C)c1. The molecule has 0 spiro atoms. The standard InChI is InChI=1S/C27H25ClN2O4/c1-16-14-19(10-11-21(16)18-6-5-7-20(15-18)29-17(2)31)26(32)30-24(12-13-25(30)27(33)34)22-8-3-4-9-23(22)28/h3-11,14-15,24-25H,12-13H2,1-2H3,(H,29,31)(H,33,34)/t24-,25+/m1/s1. The minimum Gasteiger partial charge on any atom is -0.480 e. The second-order valence-electron chi connectivity index (χ2n) is 8.47. The van der Waals surface area contributed by atoms with Crippen LogP contribution in [0.25, 0.3) is 11.1 Å². The van der Waals surface area contributed by atoms with Crippen molar-refractivity contribution in [2.24, 2.45) is 0 Å². The van der Waals surface area contributed by atoms with Gasteiger partial charge in [0.1, 0.15) is 6.04 Å². The lowest BCUT2D eigenvalue weighted by atomic mass is 9.97. The van der Waals surface area contributed by atoms with Gasteiger partial charge in [-0.3, -0.25) is 9.59 Å². The van der Waals surface area contributed by atoms with Crippen LogP contribution in [0, 0.1) is 6.92 Å². The molecule has 0 bridgehead atoms. The maximum atomic E-state index is 13.6. The van der Waals surface area contributed by atoms with E-state index in [0.717, 1.165) is 22.3 Å². The van der Waals surface area contributed by atoms with Crippen molar-refractivity contribution < 1.29 is 19.5 Å². The molecule has 2 amide bonds. The molecule has 0 aliphatic carbocycles. The number of benzene rings is 3. The first kappa shape index (κ1) is 23.5. The van der Waals surface area contributed by atoms with E-state index in [1.807, 2.05) is 55.5 Å². The predicted molar refractivity (Wildman–Crippen MR) is 132 cm³/mol. The number of carboxylic acid groups (broad SMARTS) is 1. The number of nitrogens with zero attached hydrogens (tertiary/aromatic N) is 1. The molecule has 174 valence electrons. The fourth-order valence-corrected chi connectivity index (χ4v) is 4.89. The molecular weight excluding hydrogens is 452 g/mol. The van der Waals surface area contributed by atoms with Gasteiger partial charge in [-0.1, -0.05) is 48.0 Å². The molecule has 34 heavy (non-hydrogen) atoms. The van der Waals surface area contributed by atoms with Crippen LogP contribution >= 0.6 is 11.6 Å². The second kappa shape index (κ2) is 9.69. The first-order valence-corrected chi connectivity index (χ1v) is 11.4. The lowest BCUT2D eigenvalue weighted by Gasteiger charge is -2.29. The molecule has 2 atom stereocenters. The Labute approximate surface area is 203 Å². The lowest BCUT2D eigenvalue weighted by molar-refractivity contribution is -0.141. The van der Waals surface area contributed by atoms with Gasteiger partial charge in [0.25, 0.3) is 5.91 Å². The molecule has 4 rings (SSSR count). The molecule has 1 fully saturated rings. The zero-order valence-electron chi connectivity index (χ0n) is 18.9. The van der Waals surface area contributed by atoms with Crippen molar-refractivity contribution >= 4 is 35.1 Å². The van der Waals surface area contributed by atoms with Gasteiger partial charge in [-0.15, -0.1) is 0 Å². The minimum absolute atomic E-state index is 0.151. The topological polar surface area (TPSA) is 86.7 Å². The average molecular weight is 477 g/mol. The van der Waals surface area contributed by atoms with Crippen molar-refractivity contribution in [3.8, 4) is 11.1 Å². The van der Waals surface area contributed by atoms with Gasteiger partial charge in [-0.2, -0.15) is 0 Å². The van der Waals surface area contributed by atoms with Crippen LogP contribution in [-0.4, -0.2) is 33.8 Å². The smallest absolute Gasteiger partial charge is 0.326 e. The Morgan fingerprint density at radius 2 is 1.76 bits per heavy atom. The van der Waals surface area contributed by atoms with Gasteiger partial charge in [0.15, 0.2) is 0 Å². The summed E-state index contributed by atoms with van der Waals surface area (Å²) in [5.41, 5.74) is 4.55. The number of hydrogen-bond acceptors (Lipinski definition) is 3. The van der Waals surface area contributed by atoms with E-state index in [2.05, 4.69) is 5.32 Å². The van der Waals surface area contributed by atoms with Crippen molar-refractivity contribution in [2.45, 2.75) is 38.8 Å². The van der Waals surface area contributed by atoms with Crippen LogP contribution in [0.15, 0.2) is 66.7 Å². The highest BCUT2D eigenvalue weighted by Gasteiger charge is 2.42. The first-order valence-electron chi connectivity index (χ1n) is 11.0. The molecule has 3 aromatic rings. The Morgan fingerprint density at radius 3 is 2.44 bits per heavy atom. The number of halogens is 1. The van der Waals surface area contributed by atoms with E-state index in [0.29, 0.717) is 29.1 Å². The number of amides is 2. The number of carboxylic acids is 1. The predicted octanol–water partition coefficient (Wildman–Crippen LogP) is 5.70. The van der Waals surface area contributed by atoms with Crippen LogP contribution in [0.3, 0.4) is 0 Å². The van der Waals surface area contributed by atoms with Crippen molar-refractivity contribution in [3.05, 3.63) is 88.4 Å². The van der Waals surface area contributed by atoms with Crippen LogP contribution < -0.4 is 5.32 Å². The van der Waals surface area contributed by atoms with E-state index < -0.39 is 18.1 Å². The molecule has 0 radical (unpaired) electrons. The molecule has 2 N–H and O–H groups in total. The van der Waals surface area contributed by atoms with E-state index >= 15 is 0 Å². The van der Waals surface area contributed by atoms with Gasteiger partial charge in [0.05, 0.1) is 6.04 Å². The van der Waals surface area contributed by atoms with Gasteiger partial charge in [0, 0.05) is 23.2 Å². The summed E-state index contributed by atoms with van der Waals surface area (Å²) in [6.07, 6.45) is 0.892. The largest absolute Gasteiger partial charge is 0.480 e. The number of aliphatic carboxylic acids is 1. The molecule has 1 aliphatic rings. The molecule has 0 saturated carbocycles. The van der Waals surface area contributed by atoms with Crippen LogP contribution in [0.5, 0.6) is 0 Å². The molecular formula is C27H25ClN2O4. The third-order valence-electron chi connectivity index (χ3n) is 6.14. The number of hydrogen-bond donors (Lipinski definition) is 2. The van der Waals surface area contributed by atoms with Crippen LogP contribution in [-0.2, 0) is 9.59 Å². The van der Waals surface area contributed by atoms with Gasteiger partial charge >= 0.3 is 5.97 Å². The summed E-state index contributed by atoms with van der Waals surface area (Å²) in [7, 11) is 0. The van der Waals surface area contributed by atoms with Gasteiger partial charge < -0.3 is 15.3 Å². The van der Waals surface area contributed by atoms with E-state index in [9.17, 15) is 19.5 Å². The van der Waals surface area contributed by atoms with Crippen molar-refractivity contribution in [3.63, 3.8) is 0 Å². The van der Waals surface area contributed by atoms with Crippen LogP contribution in [0.1, 0.15) is 47.3 Å². The van der Waals surface area contributed by atoms with E-state index in [1.54, 1.807) is 18.2 Å². The zero-order valence-corrected chi connectivity index (χ0v) is 19.7. The molecule has 1 heterocycles. The maximum Gasteiger partial charge on any atom is 0.326 e. The quantitative estimate of drug-likeness (QED) is 0.494. The summed E-state index contributed by atoms with van der Waals surface area (Å²) in [6.45, 7) is 3.36. The van der Waals surface area contributed by atoms with Gasteiger partial charge in [-0.25, -0.2) is 4.79 Å². The van der Waals surface area contributed by atoms with E-state index in [-0.39, 0.29) is 11.8 Å². The Morgan fingerprint density at radius 1 is 1.00 bits per heavy atom. The molecule has 6 nitrogen and oxygen atoms in total. The Bertz CT molecular complexity index is 1270. The molecule has 1 saturated heterocycles. The summed E-state index contributed by atoms with van der Waals surface area (Å²) in [4.78, 5) is 38.4. The third-order valence-corrected chi connectivity index (χ3v) is 6.48. The summed E-state index contributed by atoms with van der Waals surface area (Å²) in [5.74, 6) is -1.51. The summed E-state index contributed by atoms with van der Waals surface area (Å²) < 4.78 is 0. The highest BCUT2D eigenvalue weighted by atomic mass is 35.5. The van der Waals surface area contributed by atoms with E-state index in [1.165, 1.54) is 11.8 Å². The number of nitrogens with one attached hydrogen (secondary N) is 1. The number of rotatable bonds is 5. The average Bonchev–Trinajstić information content (AvgIpc) is 3.24. The molecule has 0 aromatic heterocycles. The summed E-state index contributed by atoms with van der Waals surface area (Å²) in [6, 6.07) is 18.8. The minimum atomic E-state index is -1.02. The van der Waals surface area contributed by atoms with Gasteiger partial charge in [-0.05, 0) is 72.4 Å². The number of carbonyl (C=O) groups is 3. The molecule has 1 aliphatic heterocycles. The van der Waals surface area contributed by atoms with Crippen molar-refractivity contribution in [1.82, 2.24) is 4.90 Å². The van der Waals surface area contributed by atoms with E-state index in [4.69, 9.17) is 11.6 Å². The number of anilines is 1. The van der Waals surface area contributed by atoms with Crippen molar-refractivity contribution in [1.29, 1.82) is 0 Å². The second-order valence-corrected chi connectivity index (χ2v) is 8.88. The van der Waals surface area contributed by atoms with Crippen LogP contribution in [0.4, 0.5) is 5.69 Å². The number of likely N-dealkylation sites (tertiary alicyclic amines) is 1. The monoisotopic (exact) mass is 476 g/mol. The van der Waals surface area contributed by atoms with Crippen LogP contribution in [0.2, 0.25) is 5.02 Å². The highest BCUT2D eigenvalue weighted by Crippen LogP contribution is 2.40. The molecule has 7 heteroatoms. The highest BCUT2D eigenvalue weighted by molar-refractivity contribution is 6.31. The Kier molecular flexibility index (Phi) is 6.70. The third kappa shape index (κ3) is 4.68. The summed E-state index contributed by atoms with van der Waals surface area (Å²) in [5, 5.41) is 13.1. The Hall–Kier alpha value is -3.64. The number of carbonyl (C=O) groups excluding carboxylic acids is 2. The zero-order chi connectivity index (χ0) is 24.4. The van der Waals surface area contributed by atoms with Gasteiger partial charge in [0.2, 0.25) is 5.91 Å². The summed E-state index contributed by atoms with van der Waals surface area (Å²) >= 11 is 6.39. The molecule has 0 unspecified atom stereocenters. The fourth-order valence-electron chi connectivity index (χ4n) is 4.62. The fraction of sp³-hybridized carbons (Fsp3) is 0.222. The van der Waals surface area contributed by atoms with Crippen molar-refractivity contribution in [2.75, 3.05) is 5.32 Å². The molecule has 3 aromatic carbocycles.